The molecule has 9 heteroatoms. The van der Waals surface area contributed by atoms with Gasteiger partial charge in [-0.15, -0.1) is 6.58 Å². The van der Waals surface area contributed by atoms with Crippen molar-refractivity contribution in [3.63, 3.8) is 0 Å². The molecule has 1 aromatic rings. The summed E-state index contributed by atoms with van der Waals surface area (Å²) < 4.78 is 0. The standard InChI is InChI=1S/C27H36N4O5/c1-3-14-31-23-12-11-19(29-25(34)22-9-5-13-28-22)16-21(23)27(36,26(31)35)18(2)7-4-10-24(33)30-15-6-8-20(30)17-32/h3-4,7,11-12,16,18,20,22,28,32,36H,1,5-6,8-10,13-15,17H2,2H3,(H,29,34)/b7-4+/t18-,20+,22-,27+/m1/s1. The Bertz CT molecular complexity index is 1050. The first-order valence-corrected chi connectivity index (χ1v) is 12.7. The second-order valence-electron chi connectivity index (χ2n) is 9.83. The Hall–Kier alpha value is -3.01. The monoisotopic (exact) mass is 496 g/mol. The summed E-state index contributed by atoms with van der Waals surface area (Å²) in [5, 5.41) is 27.3. The van der Waals surface area contributed by atoms with Crippen LogP contribution in [-0.2, 0) is 20.0 Å². The molecule has 3 aliphatic heterocycles. The van der Waals surface area contributed by atoms with Gasteiger partial charge in [-0.05, 0) is 50.4 Å². The second-order valence-corrected chi connectivity index (χ2v) is 9.83. The van der Waals surface area contributed by atoms with Crippen LogP contribution in [0.5, 0.6) is 0 Å². The van der Waals surface area contributed by atoms with E-state index in [0.29, 0.717) is 23.5 Å². The molecule has 4 atom stereocenters. The molecule has 9 nitrogen and oxygen atoms in total. The summed E-state index contributed by atoms with van der Waals surface area (Å²) in [5.41, 5.74) is -0.367. The number of rotatable bonds is 9. The van der Waals surface area contributed by atoms with Crippen LogP contribution in [0, 0.1) is 5.92 Å². The van der Waals surface area contributed by atoms with E-state index in [2.05, 4.69) is 17.2 Å². The van der Waals surface area contributed by atoms with E-state index in [4.69, 9.17) is 0 Å². The van der Waals surface area contributed by atoms with Gasteiger partial charge >= 0.3 is 0 Å². The SMILES string of the molecule is C=CCN1C(=O)[C@](O)([C@H](C)/C=C/CC(=O)N2CCC[C@H]2CO)c2cc(NC(=O)[C@H]3CCCN3)ccc21. The minimum absolute atomic E-state index is 0.0499. The van der Waals surface area contributed by atoms with Crippen LogP contribution in [0.3, 0.4) is 0 Å². The highest BCUT2D eigenvalue weighted by Crippen LogP contribution is 2.46. The first-order chi connectivity index (χ1) is 17.3. The minimum Gasteiger partial charge on any atom is -0.394 e. The Kier molecular flexibility index (Phi) is 7.92. The molecule has 36 heavy (non-hydrogen) atoms. The number of hydrogen-bond acceptors (Lipinski definition) is 6. The normalized spacial score (nSPS) is 26.5. The predicted molar refractivity (Wildman–Crippen MR) is 137 cm³/mol. The fourth-order valence-electron chi connectivity index (χ4n) is 5.46. The van der Waals surface area contributed by atoms with Crippen molar-refractivity contribution in [1.82, 2.24) is 10.2 Å². The lowest BCUT2D eigenvalue weighted by Gasteiger charge is -2.28. The number of benzene rings is 1. The molecule has 4 rings (SSSR count). The lowest BCUT2D eigenvalue weighted by Crippen LogP contribution is -2.44. The van der Waals surface area contributed by atoms with Crippen LogP contribution in [0.15, 0.2) is 43.0 Å². The van der Waals surface area contributed by atoms with Crippen molar-refractivity contribution < 1.29 is 24.6 Å². The van der Waals surface area contributed by atoms with E-state index in [1.807, 2.05) is 0 Å². The van der Waals surface area contributed by atoms with Crippen LogP contribution >= 0.6 is 0 Å². The Morgan fingerprint density at radius 2 is 2.14 bits per heavy atom. The van der Waals surface area contributed by atoms with Gasteiger partial charge in [-0.3, -0.25) is 14.4 Å². The third kappa shape index (κ3) is 4.83. The van der Waals surface area contributed by atoms with E-state index < -0.39 is 17.4 Å². The largest absolute Gasteiger partial charge is 0.394 e. The van der Waals surface area contributed by atoms with Crippen molar-refractivity contribution in [2.45, 2.75) is 56.7 Å². The van der Waals surface area contributed by atoms with E-state index >= 15 is 0 Å². The third-order valence-electron chi connectivity index (χ3n) is 7.51. The number of carbonyl (C=O) groups excluding carboxylic acids is 3. The lowest BCUT2D eigenvalue weighted by atomic mass is 9.82. The number of aliphatic hydroxyl groups is 2. The zero-order valence-electron chi connectivity index (χ0n) is 20.8. The van der Waals surface area contributed by atoms with Gasteiger partial charge in [-0.25, -0.2) is 0 Å². The van der Waals surface area contributed by atoms with Gasteiger partial charge in [0.05, 0.1) is 24.4 Å². The zero-order valence-corrected chi connectivity index (χ0v) is 20.8. The summed E-state index contributed by atoms with van der Waals surface area (Å²) in [7, 11) is 0. The third-order valence-corrected chi connectivity index (χ3v) is 7.51. The van der Waals surface area contributed by atoms with Gasteiger partial charge in [0.15, 0.2) is 5.60 Å². The van der Waals surface area contributed by atoms with Crippen molar-refractivity contribution in [3.05, 3.63) is 48.6 Å². The second kappa shape index (κ2) is 10.9. The van der Waals surface area contributed by atoms with Gasteiger partial charge in [-0.1, -0.05) is 25.2 Å². The molecule has 0 bridgehead atoms. The molecular weight excluding hydrogens is 460 g/mol. The van der Waals surface area contributed by atoms with E-state index in [-0.39, 0.29) is 43.5 Å². The molecule has 0 spiro atoms. The number of amides is 3. The first kappa shape index (κ1) is 26.1. The van der Waals surface area contributed by atoms with Gasteiger partial charge < -0.3 is 30.6 Å². The number of nitrogens with one attached hydrogen (secondary N) is 2. The summed E-state index contributed by atoms with van der Waals surface area (Å²) in [6.07, 6.45) is 8.47. The van der Waals surface area contributed by atoms with Gasteiger partial charge in [-0.2, -0.15) is 0 Å². The molecule has 194 valence electrons. The highest BCUT2D eigenvalue weighted by Gasteiger charge is 2.52. The summed E-state index contributed by atoms with van der Waals surface area (Å²) >= 11 is 0. The quantitative estimate of drug-likeness (QED) is 0.386. The summed E-state index contributed by atoms with van der Waals surface area (Å²) in [5.74, 6) is -1.33. The first-order valence-electron chi connectivity index (χ1n) is 12.7. The van der Waals surface area contributed by atoms with Crippen molar-refractivity contribution in [3.8, 4) is 0 Å². The molecule has 2 fully saturated rings. The smallest absolute Gasteiger partial charge is 0.264 e. The van der Waals surface area contributed by atoms with Crippen LogP contribution < -0.4 is 15.5 Å². The number of nitrogens with zero attached hydrogens (tertiary/aromatic N) is 2. The summed E-state index contributed by atoms with van der Waals surface area (Å²) in [6.45, 7) is 7.09. The fraction of sp³-hybridized carbons (Fsp3) is 0.519. The molecule has 0 aliphatic carbocycles. The molecule has 3 amide bonds. The number of anilines is 2. The lowest BCUT2D eigenvalue weighted by molar-refractivity contribution is -0.139. The van der Waals surface area contributed by atoms with Crippen LogP contribution in [0.25, 0.3) is 0 Å². The van der Waals surface area contributed by atoms with Crippen LogP contribution in [-0.4, -0.2) is 71.2 Å². The van der Waals surface area contributed by atoms with Gasteiger partial charge in [0, 0.05) is 36.7 Å². The predicted octanol–water partition coefficient (Wildman–Crippen LogP) is 1.66. The van der Waals surface area contributed by atoms with Crippen LogP contribution in [0.1, 0.15) is 44.6 Å². The Labute approximate surface area is 211 Å². The summed E-state index contributed by atoms with van der Waals surface area (Å²) in [4.78, 5) is 41.9. The van der Waals surface area contributed by atoms with E-state index in [0.717, 1.165) is 32.2 Å². The molecule has 0 aromatic heterocycles. The number of carbonyl (C=O) groups is 3. The topological polar surface area (TPSA) is 122 Å². The molecule has 3 aliphatic rings. The Morgan fingerprint density at radius 1 is 1.33 bits per heavy atom. The van der Waals surface area contributed by atoms with Crippen LogP contribution in [0.4, 0.5) is 11.4 Å². The molecule has 0 saturated carbocycles. The molecule has 3 heterocycles. The van der Waals surface area contributed by atoms with E-state index in [1.165, 1.54) is 4.90 Å². The maximum absolute atomic E-state index is 13.4. The molecule has 4 N–H and O–H groups in total. The van der Waals surface area contributed by atoms with Crippen molar-refractivity contribution in [2.24, 2.45) is 5.92 Å². The highest BCUT2D eigenvalue weighted by atomic mass is 16.3. The van der Waals surface area contributed by atoms with Crippen molar-refractivity contribution in [1.29, 1.82) is 0 Å². The highest BCUT2D eigenvalue weighted by molar-refractivity contribution is 6.08. The average Bonchev–Trinajstić information content (AvgIpc) is 3.62. The number of likely N-dealkylation sites (tertiary alicyclic amines) is 1. The average molecular weight is 497 g/mol. The number of aliphatic hydroxyl groups excluding tert-OH is 1. The Balaban J connectivity index is 1.54. The molecule has 1 aromatic carbocycles. The van der Waals surface area contributed by atoms with Crippen molar-refractivity contribution in [2.75, 3.05) is 36.5 Å². The maximum atomic E-state index is 13.4. The molecule has 2 saturated heterocycles. The molecule has 0 unspecified atom stereocenters. The minimum atomic E-state index is -1.86. The summed E-state index contributed by atoms with van der Waals surface area (Å²) in [6, 6.07) is 4.73. The Morgan fingerprint density at radius 3 is 2.83 bits per heavy atom. The van der Waals surface area contributed by atoms with E-state index in [9.17, 15) is 24.6 Å². The zero-order chi connectivity index (χ0) is 25.9. The van der Waals surface area contributed by atoms with Gasteiger partial charge in [0.1, 0.15) is 0 Å². The molecular formula is C27H36N4O5. The van der Waals surface area contributed by atoms with E-state index in [1.54, 1.807) is 48.3 Å². The number of hydrogen-bond donors (Lipinski definition) is 4. The fourth-order valence-corrected chi connectivity index (χ4v) is 5.46. The number of fused-ring (bicyclic) bond motifs is 1. The van der Waals surface area contributed by atoms with Crippen molar-refractivity contribution >= 4 is 29.1 Å². The van der Waals surface area contributed by atoms with Gasteiger partial charge in [0.2, 0.25) is 11.8 Å². The molecule has 0 radical (unpaired) electrons. The van der Waals surface area contributed by atoms with Crippen LogP contribution in [0.2, 0.25) is 0 Å². The van der Waals surface area contributed by atoms with Gasteiger partial charge in [0.25, 0.3) is 5.91 Å². The maximum Gasteiger partial charge on any atom is 0.264 e.